The number of amides is 1. The predicted octanol–water partition coefficient (Wildman–Crippen LogP) is 1.59. The molecule has 1 unspecified atom stereocenters. The van der Waals surface area contributed by atoms with Gasteiger partial charge < -0.3 is 19.2 Å². The van der Waals surface area contributed by atoms with E-state index in [1.807, 2.05) is 12.2 Å². The molecule has 0 aromatic heterocycles. The second kappa shape index (κ2) is 4.82. The van der Waals surface area contributed by atoms with Crippen LogP contribution in [0.2, 0.25) is 18.1 Å². The normalized spacial score (nSPS) is 21.7. The lowest BCUT2D eigenvalue weighted by molar-refractivity contribution is -0.265. The van der Waals surface area contributed by atoms with E-state index in [0.717, 1.165) is 0 Å². The van der Waals surface area contributed by atoms with Gasteiger partial charge in [0.2, 0.25) is 0 Å². The highest BCUT2D eigenvalue weighted by Gasteiger charge is 2.39. The van der Waals surface area contributed by atoms with Crippen LogP contribution in [0, 0.1) is 0 Å². The molecule has 1 aliphatic heterocycles. The summed E-state index contributed by atoms with van der Waals surface area (Å²) in [4.78, 5) is 12.1. The number of hydrogen-bond acceptors (Lipinski definition) is 3. The van der Waals surface area contributed by atoms with E-state index in [-0.39, 0.29) is 11.1 Å². The van der Waals surface area contributed by atoms with E-state index in [4.69, 9.17) is 4.43 Å². The van der Waals surface area contributed by atoms with Crippen molar-refractivity contribution in [3.05, 3.63) is 12.2 Å². The number of rotatable bonds is 2. The topological polar surface area (TPSA) is 52.6 Å². The Hall–Kier alpha value is -0.813. The van der Waals surface area contributed by atoms with Crippen molar-refractivity contribution in [2.45, 2.75) is 45.0 Å². The SMILES string of the molecule is CC(C)(C)[Si](C)(C)OC1C=CCN(C(=O)[O-])C1. The van der Waals surface area contributed by atoms with Crippen LogP contribution in [0.15, 0.2) is 12.2 Å². The van der Waals surface area contributed by atoms with Crippen LogP contribution >= 0.6 is 0 Å². The van der Waals surface area contributed by atoms with Crippen LogP contribution in [-0.2, 0) is 4.43 Å². The molecule has 1 rings (SSSR count). The van der Waals surface area contributed by atoms with Crippen LogP contribution in [0.3, 0.4) is 0 Å². The fourth-order valence-electron chi connectivity index (χ4n) is 1.47. The van der Waals surface area contributed by atoms with Gasteiger partial charge in [-0.25, -0.2) is 0 Å². The van der Waals surface area contributed by atoms with Gasteiger partial charge in [-0.1, -0.05) is 32.9 Å². The van der Waals surface area contributed by atoms with Gasteiger partial charge in [0.1, 0.15) is 6.09 Å². The van der Waals surface area contributed by atoms with Crippen LogP contribution in [0.5, 0.6) is 0 Å². The first-order valence-corrected chi connectivity index (χ1v) is 8.85. The maximum atomic E-state index is 10.8. The summed E-state index contributed by atoms with van der Waals surface area (Å²) in [6, 6.07) is 0. The molecule has 1 heterocycles. The summed E-state index contributed by atoms with van der Waals surface area (Å²) >= 11 is 0. The first kappa shape index (κ1) is 14.2. The molecular formula is C12H22NO3Si-. The zero-order valence-electron chi connectivity index (χ0n) is 11.3. The van der Waals surface area contributed by atoms with Gasteiger partial charge in [-0.3, -0.25) is 0 Å². The van der Waals surface area contributed by atoms with Gasteiger partial charge in [0.15, 0.2) is 8.32 Å². The molecule has 1 atom stereocenters. The summed E-state index contributed by atoms with van der Waals surface area (Å²) in [7, 11) is -1.85. The molecule has 1 aliphatic rings. The summed E-state index contributed by atoms with van der Waals surface area (Å²) < 4.78 is 6.14. The van der Waals surface area contributed by atoms with Gasteiger partial charge in [-0.2, -0.15) is 0 Å². The molecule has 1 amide bonds. The Kier molecular flexibility index (Phi) is 4.04. The molecular weight excluding hydrogens is 234 g/mol. The lowest BCUT2D eigenvalue weighted by Gasteiger charge is -2.41. The van der Waals surface area contributed by atoms with Gasteiger partial charge in [-0.15, -0.1) is 0 Å². The summed E-state index contributed by atoms with van der Waals surface area (Å²) in [5.41, 5.74) is 0. The second-order valence-corrected chi connectivity index (χ2v) is 10.8. The molecule has 0 N–H and O–H groups in total. The number of carbonyl (C=O) groups excluding carboxylic acids is 1. The zero-order chi connectivity index (χ0) is 13.3. The highest BCUT2D eigenvalue weighted by Crippen LogP contribution is 2.37. The highest BCUT2D eigenvalue weighted by molar-refractivity contribution is 6.74. The van der Waals surface area contributed by atoms with Crippen LogP contribution in [-0.4, -0.2) is 38.5 Å². The average Bonchev–Trinajstić information content (AvgIpc) is 2.15. The minimum absolute atomic E-state index is 0.130. The third kappa shape index (κ3) is 3.57. The molecule has 0 aromatic carbocycles. The van der Waals surface area contributed by atoms with Crippen molar-refractivity contribution in [2.75, 3.05) is 13.1 Å². The Bertz CT molecular complexity index is 320. The molecule has 0 spiro atoms. The molecule has 98 valence electrons. The summed E-state index contributed by atoms with van der Waals surface area (Å²) in [5, 5.41) is 10.9. The van der Waals surface area contributed by atoms with Crippen LogP contribution < -0.4 is 5.11 Å². The Labute approximate surface area is 104 Å². The van der Waals surface area contributed by atoms with Crippen molar-refractivity contribution in [1.82, 2.24) is 4.90 Å². The third-order valence-corrected chi connectivity index (χ3v) is 8.09. The van der Waals surface area contributed by atoms with Gasteiger partial charge >= 0.3 is 0 Å². The second-order valence-electron chi connectivity index (χ2n) is 6.02. The molecule has 0 aliphatic carbocycles. The first-order chi connectivity index (χ1) is 7.63. The number of hydrogen-bond donors (Lipinski definition) is 0. The molecule has 4 nitrogen and oxygen atoms in total. The van der Waals surface area contributed by atoms with Crippen LogP contribution in [0.1, 0.15) is 20.8 Å². The van der Waals surface area contributed by atoms with E-state index in [1.165, 1.54) is 4.90 Å². The predicted molar refractivity (Wildman–Crippen MR) is 68.2 cm³/mol. The lowest BCUT2D eigenvalue weighted by atomic mass is 10.2. The standard InChI is InChI=1S/C12H23NO3Si/c1-12(2,3)17(4,5)16-10-7-6-8-13(9-10)11(14)15/h6-7,10H,8-9H2,1-5H3,(H,14,15)/p-1. The van der Waals surface area contributed by atoms with Crippen molar-refractivity contribution in [1.29, 1.82) is 0 Å². The molecule has 0 bridgehead atoms. The molecule has 0 saturated carbocycles. The Morgan fingerprint density at radius 1 is 1.47 bits per heavy atom. The quantitative estimate of drug-likeness (QED) is 0.557. The Morgan fingerprint density at radius 2 is 2.06 bits per heavy atom. The number of carbonyl (C=O) groups is 1. The van der Waals surface area contributed by atoms with Gasteiger partial charge in [0, 0.05) is 13.1 Å². The molecule has 17 heavy (non-hydrogen) atoms. The summed E-state index contributed by atoms with van der Waals surface area (Å²) in [6.07, 6.45) is 2.53. The fraction of sp³-hybridized carbons (Fsp3) is 0.750. The van der Waals surface area contributed by atoms with E-state index in [0.29, 0.717) is 13.1 Å². The van der Waals surface area contributed by atoms with E-state index < -0.39 is 14.4 Å². The van der Waals surface area contributed by atoms with E-state index in [2.05, 4.69) is 33.9 Å². The van der Waals surface area contributed by atoms with Crippen molar-refractivity contribution in [3.8, 4) is 0 Å². The van der Waals surface area contributed by atoms with Crippen molar-refractivity contribution in [3.63, 3.8) is 0 Å². The fourth-order valence-corrected chi connectivity index (χ4v) is 2.74. The Morgan fingerprint density at radius 3 is 2.53 bits per heavy atom. The third-order valence-electron chi connectivity index (χ3n) is 3.59. The molecule has 5 heteroatoms. The summed E-state index contributed by atoms with van der Waals surface area (Å²) in [5.74, 6) is 0. The average molecular weight is 256 g/mol. The molecule has 0 saturated heterocycles. The zero-order valence-corrected chi connectivity index (χ0v) is 12.3. The molecule has 0 radical (unpaired) electrons. The summed E-state index contributed by atoms with van der Waals surface area (Å²) in [6.45, 7) is 11.6. The first-order valence-electron chi connectivity index (χ1n) is 5.94. The van der Waals surface area contributed by atoms with Crippen molar-refractivity contribution in [2.24, 2.45) is 0 Å². The maximum Gasteiger partial charge on any atom is 0.192 e. The van der Waals surface area contributed by atoms with E-state index >= 15 is 0 Å². The van der Waals surface area contributed by atoms with Crippen molar-refractivity contribution >= 4 is 14.4 Å². The van der Waals surface area contributed by atoms with Crippen LogP contribution in [0.4, 0.5) is 4.79 Å². The minimum Gasteiger partial charge on any atom is -0.530 e. The molecule has 0 fully saturated rings. The molecule has 0 aromatic rings. The highest BCUT2D eigenvalue weighted by atomic mass is 28.4. The largest absolute Gasteiger partial charge is 0.530 e. The van der Waals surface area contributed by atoms with E-state index in [1.54, 1.807) is 0 Å². The van der Waals surface area contributed by atoms with E-state index in [9.17, 15) is 9.90 Å². The monoisotopic (exact) mass is 256 g/mol. The van der Waals surface area contributed by atoms with Gasteiger partial charge in [0.25, 0.3) is 0 Å². The maximum absolute atomic E-state index is 10.8. The van der Waals surface area contributed by atoms with Gasteiger partial charge in [-0.05, 0) is 18.1 Å². The van der Waals surface area contributed by atoms with Crippen molar-refractivity contribution < 1.29 is 14.3 Å². The smallest absolute Gasteiger partial charge is 0.192 e. The number of carboxylic acid groups (broad SMARTS) is 1. The Balaban J connectivity index is 2.67. The van der Waals surface area contributed by atoms with Crippen LogP contribution in [0.25, 0.3) is 0 Å². The number of nitrogens with zero attached hydrogens (tertiary/aromatic N) is 1. The lowest BCUT2D eigenvalue weighted by Crippen LogP contribution is -2.51. The van der Waals surface area contributed by atoms with Gasteiger partial charge in [0.05, 0.1) is 6.10 Å². The minimum atomic E-state index is -1.85.